The first-order valence-electron chi connectivity index (χ1n) is 9.29. The van der Waals surface area contributed by atoms with E-state index in [9.17, 15) is 0 Å². The Balaban J connectivity index is 1.72. The van der Waals surface area contributed by atoms with Gasteiger partial charge in [0.15, 0.2) is 0 Å². The highest BCUT2D eigenvalue weighted by atomic mass is 14.9. The summed E-state index contributed by atoms with van der Waals surface area (Å²) in [6.45, 7) is 12.0. The van der Waals surface area contributed by atoms with Crippen molar-refractivity contribution in [2.45, 2.75) is 19.5 Å². The highest BCUT2D eigenvalue weighted by molar-refractivity contribution is 5.47. The van der Waals surface area contributed by atoms with Gasteiger partial charge in [-0.25, -0.2) is 0 Å². The van der Waals surface area contributed by atoms with Crippen LogP contribution in [0.5, 0.6) is 0 Å². The number of rotatable bonds is 12. The third-order valence-corrected chi connectivity index (χ3v) is 4.53. The van der Waals surface area contributed by atoms with Crippen molar-refractivity contribution in [1.82, 2.24) is 10.6 Å². The predicted octanol–water partition coefficient (Wildman–Crippen LogP) is 3.82. The molecule has 0 amide bonds. The summed E-state index contributed by atoms with van der Waals surface area (Å²) >= 11 is 0. The highest BCUT2D eigenvalue weighted by Crippen LogP contribution is 2.07. The maximum Gasteiger partial charge on any atom is 0.0205 e. The molecule has 0 fully saturated rings. The number of hydrogen-bond donors (Lipinski definition) is 3. The molecular formula is C23H31N3. The molecule has 0 unspecified atom stereocenters. The minimum absolute atomic E-state index is 0.528. The summed E-state index contributed by atoms with van der Waals surface area (Å²) in [7, 11) is 0. The zero-order chi connectivity index (χ0) is 18.6. The molecule has 0 saturated heterocycles. The third-order valence-electron chi connectivity index (χ3n) is 4.53. The van der Waals surface area contributed by atoms with Gasteiger partial charge in [0.05, 0.1) is 0 Å². The minimum Gasteiger partial charge on any atom is -0.330 e. The largest absolute Gasteiger partial charge is 0.330 e. The summed E-state index contributed by atoms with van der Waals surface area (Å²) < 4.78 is 0. The molecule has 0 saturated carbocycles. The van der Waals surface area contributed by atoms with E-state index in [2.05, 4.69) is 72.3 Å². The molecule has 0 atom stereocenters. The standard InChI is InChI=1S/C23H31N3/c1-3-19-5-9-21(10-6-19)15-25-17-23(13-14-24)18-26-16-22-11-7-20(4-2)8-12-22/h3-12,23,25-26H,1-2,13-18,24H2. The van der Waals surface area contributed by atoms with Crippen LogP contribution in [0.25, 0.3) is 12.2 Å². The van der Waals surface area contributed by atoms with Crippen molar-refractivity contribution in [3.8, 4) is 0 Å². The van der Waals surface area contributed by atoms with Gasteiger partial charge < -0.3 is 16.4 Å². The van der Waals surface area contributed by atoms with Crippen molar-refractivity contribution in [3.05, 3.63) is 83.9 Å². The lowest BCUT2D eigenvalue weighted by Crippen LogP contribution is -2.32. The Morgan fingerprint density at radius 3 is 1.54 bits per heavy atom. The van der Waals surface area contributed by atoms with E-state index in [4.69, 9.17) is 5.73 Å². The molecule has 0 aromatic heterocycles. The molecular weight excluding hydrogens is 318 g/mol. The lowest BCUT2D eigenvalue weighted by atomic mass is 10.0. The molecule has 3 heteroatoms. The molecule has 0 aliphatic heterocycles. The average molecular weight is 350 g/mol. The Bertz CT molecular complexity index is 601. The molecule has 3 nitrogen and oxygen atoms in total. The van der Waals surface area contributed by atoms with Gasteiger partial charge >= 0.3 is 0 Å². The Labute approximate surface area is 158 Å². The van der Waals surface area contributed by atoms with Gasteiger partial charge in [0.1, 0.15) is 0 Å². The molecule has 0 aliphatic carbocycles. The smallest absolute Gasteiger partial charge is 0.0205 e. The van der Waals surface area contributed by atoms with Gasteiger partial charge in [0.25, 0.3) is 0 Å². The van der Waals surface area contributed by atoms with Crippen LogP contribution in [0.1, 0.15) is 28.7 Å². The summed E-state index contributed by atoms with van der Waals surface area (Å²) in [5.74, 6) is 0.528. The quantitative estimate of drug-likeness (QED) is 0.546. The van der Waals surface area contributed by atoms with E-state index in [0.29, 0.717) is 5.92 Å². The van der Waals surface area contributed by atoms with E-state index >= 15 is 0 Å². The average Bonchev–Trinajstić information content (AvgIpc) is 2.69. The van der Waals surface area contributed by atoms with Crippen LogP contribution < -0.4 is 16.4 Å². The summed E-state index contributed by atoms with van der Waals surface area (Å²) in [5, 5.41) is 7.11. The van der Waals surface area contributed by atoms with Crippen LogP contribution in [0.3, 0.4) is 0 Å². The maximum atomic E-state index is 5.78. The van der Waals surface area contributed by atoms with Gasteiger partial charge in [-0.05, 0) is 54.2 Å². The van der Waals surface area contributed by atoms with E-state index in [1.807, 2.05) is 12.2 Å². The van der Waals surface area contributed by atoms with Crippen molar-refractivity contribution < 1.29 is 0 Å². The number of benzene rings is 2. The second-order valence-electron chi connectivity index (χ2n) is 6.60. The minimum atomic E-state index is 0.528. The van der Waals surface area contributed by atoms with E-state index in [1.54, 1.807) is 0 Å². The Morgan fingerprint density at radius 2 is 1.19 bits per heavy atom. The van der Waals surface area contributed by atoms with Crippen LogP contribution in [-0.2, 0) is 13.1 Å². The van der Waals surface area contributed by atoms with Crippen molar-refractivity contribution in [3.63, 3.8) is 0 Å². The first-order chi connectivity index (χ1) is 12.7. The predicted molar refractivity (Wildman–Crippen MR) is 114 cm³/mol. The highest BCUT2D eigenvalue weighted by Gasteiger charge is 2.07. The molecule has 0 spiro atoms. The van der Waals surface area contributed by atoms with Gasteiger partial charge in [0, 0.05) is 13.1 Å². The van der Waals surface area contributed by atoms with Crippen LogP contribution in [0.2, 0.25) is 0 Å². The number of nitrogens with two attached hydrogens (primary N) is 1. The monoisotopic (exact) mass is 349 g/mol. The zero-order valence-corrected chi connectivity index (χ0v) is 15.6. The topological polar surface area (TPSA) is 50.1 Å². The molecule has 2 aromatic carbocycles. The van der Waals surface area contributed by atoms with E-state index in [0.717, 1.165) is 50.3 Å². The number of nitrogens with one attached hydrogen (secondary N) is 2. The van der Waals surface area contributed by atoms with Crippen LogP contribution in [-0.4, -0.2) is 19.6 Å². The van der Waals surface area contributed by atoms with Crippen LogP contribution in [0.15, 0.2) is 61.7 Å². The lowest BCUT2D eigenvalue weighted by molar-refractivity contribution is 0.420. The van der Waals surface area contributed by atoms with Crippen LogP contribution >= 0.6 is 0 Å². The fourth-order valence-electron chi connectivity index (χ4n) is 2.90. The summed E-state index contributed by atoms with van der Waals surface area (Å²) in [5.41, 5.74) is 10.7. The van der Waals surface area contributed by atoms with Crippen LogP contribution in [0.4, 0.5) is 0 Å². The molecule has 138 valence electrons. The summed E-state index contributed by atoms with van der Waals surface area (Å²) in [4.78, 5) is 0. The molecule has 2 aromatic rings. The summed E-state index contributed by atoms with van der Waals surface area (Å²) in [6, 6.07) is 17.0. The van der Waals surface area contributed by atoms with Crippen molar-refractivity contribution in [1.29, 1.82) is 0 Å². The van der Waals surface area contributed by atoms with Gasteiger partial charge in [0.2, 0.25) is 0 Å². The molecule has 26 heavy (non-hydrogen) atoms. The van der Waals surface area contributed by atoms with Gasteiger partial charge in [-0.15, -0.1) is 0 Å². The summed E-state index contributed by atoms with van der Waals surface area (Å²) in [6.07, 6.45) is 4.75. The Kier molecular flexibility index (Phi) is 8.84. The third kappa shape index (κ3) is 6.96. The first-order valence-corrected chi connectivity index (χ1v) is 9.29. The fraction of sp³-hybridized carbons (Fsp3) is 0.304. The number of hydrogen-bond acceptors (Lipinski definition) is 3. The van der Waals surface area contributed by atoms with Crippen LogP contribution in [0, 0.1) is 5.92 Å². The SMILES string of the molecule is C=Cc1ccc(CNCC(CCN)CNCc2ccc(C=C)cc2)cc1. The van der Waals surface area contributed by atoms with Gasteiger partial charge in [-0.3, -0.25) is 0 Å². The molecule has 4 N–H and O–H groups in total. The molecule has 0 radical (unpaired) electrons. The first kappa shape index (κ1) is 20.1. The fourth-order valence-corrected chi connectivity index (χ4v) is 2.90. The Morgan fingerprint density at radius 1 is 0.769 bits per heavy atom. The maximum absolute atomic E-state index is 5.78. The van der Waals surface area contributed by atoms with E-state index in [-0.39, 0.29) is 0 Å². The Hall–Kier alpha value is -2.20. The zero-order valence-electron chi connectivity index (χ0n) is 15.6. The second-order valence-corrected chi connectivity index (χ2v) is 6.60. The van der Waals surface area contributed by atoms with E-state index in [1.165, 1.54) is 11.1 Å². The molecule has 0 heterocycles. The van der Waals surface area contributed by atoms with Crippen molar-refractivity contribution in [2.24, 2.45) is 11.7 Å². The molecule has 0 bridgehead atoms. The van der Waals surface area contributed by atoms with Crippen molar-refractivity contribution in [2.75, 3.05) is 19.6 Å². The normalized spacial score (nSPS) is 10.8. The van der Waals surface area contributed by atoms with E-state index < -0.39 is 0 Å². The van der Waals surface area contributed by atoms with Crippen molar-refractivity contribution >= 4 is 12.2 Å². The molecule has 2 rings (SSSR count). The second kappa shape index (κ2) is 11.4. The lowest BCUT2D eigenvalue weighted by Gasteiger charge is -2.18. The van der Waals surface area contributed by atoms with Gasteiger partial charge in [-0.2, -0.15) is 0 Å². The molecule has 0 aliphatic rings. The van der Waals surface area contributed by atoms with Gasteiger partial charge in [-0.1, -0.05) is 73.8 Å².